The fourth-order valence-electron chi connectivity index (χ4n) is 12.4. The molecule has 3 heteroatoms. The van der Waals surface area contributed by atoms with E-state index >= 15 is 0 Å². The molecule has 72 heavy (non-hydrogen) atoms. The number of hydrogen-bond donors (Lipinski definition) is 0. The second-order valence-corrected chi connectivity index (χ2v) is 19.1. The van der Waals surface area contributed by atoms with Gasteiger partial charge in [0, 0.05) is 33.7 Å². The van der Waals surface area contributed by atoms with Crippen LogP contribution in [0.25, 0.3) is 76.9 Å². The minimum Gasteiger partial charge on any atom is -0.456 e. The maximum atomic E-state index is 6.66. The summed E-state index contributed by atoms with van der Waals surface area (Å²) in [5.41, 5.74) is 20.1. The van der Waals surface area contributed by atoms with Crippen LogP contribution in [0.3, 0.4) is 0 Å². The van der Waals surface area contributed by atoms with E-state index in [2.05, 4.69) is 277 Å². The summed E-state index contributed by atoms with van der Waals surface area (Å²) in [6, 6.07) is 98.1. The van der Waals surface area contributed by atoms with Crippen LogP contribution >= 0.6 is 0 Å². The summed E-state index contributed by atoms with van der Waals surface area (Å²) in [4.78, 5) is 4.93. The van der Waals surface area contributed by atoms with Crippen molar-refractivity contribution in [2.75, 3.05) is 9.80 Å². The van der Waals surface area contributed by atoms with Crippen LogP contribution in [0, 0.1) is 0 Å². The predicted molar refractivity (Wildman–Crippen MR) is 300 cm³/mol. The van der Waals surface area contributed by atoms with E-state index in [1.807, 2.05) is 0 Å². The van der Waals surface area contributed by atoms with Crippen LogP contribution in [-0.2, 0) is 5.41 Å². The number of benzene rings is 12. The lowest BCUT2D eigenvalue weighted by Crippen LogP contribution is -2.26. The van der Waals surface area contributed by atoms with Crippen molar-refractivity contribution in [3.8, 4) is 33.4 Å². The predicted octanol–water partition coefficient (Wildman–Crippen LogP) is 18.8. The van der Waals surface area contributed by atoms with Gasteiger partial charge in [0.15, 0.2) is 0 Å². The Balaban J connectivity index is 1.02. The number of rotatable bonds is 7. The van der Waals surface area contributed by atoms with E-state index in [1.165, 1.54) is 71.6 Å². The zero-order valence-corrected chi connectivity index (χ0v) is 39.2. The summed E-state index contributed by atoms with van der Waals surface area (Å²) in [5.74, 6) is 0. The van der Waals surface area contributed by atoms with Gasteiger partial charge in [-0.2, -0.15) is 0 Å². The highest BCUT2D eigenvalue weighted by atomic mass is 16.3. The van der Waals surface area contributed by atoms with Crippen molar-refractivity contribution in [1.82, 2.24) is 0 Å². The van der Waals surface area contributed by atoms with Gasteiger partial charge in [0.2, 0.25) is 0 Å². The molecular formula is C69H44N2O. The van der Waals surface area contributed by atoms with Gasteiger partial charge in [-0.25, -0.2) is 0 Å². The molecule has 336 valence electrons. The van der Waals surface area contributed by atoms with E-state index in [-0.39, 0.29) is 0 Å². The van der Waals surface area contributed by atoms with Crippen molar-refractivity contribution in [2.24, 2.45) is 0 Å². The van der Waals surface area contributed by atoms with Crippen molar-refractivity contribution in [3.05, 3.63) is 289 Å². The van der Waals surface area contributed by atoms with Gasteiger partial charge in [-0.05, 0) is 144 Å². The maximum Gasteiger partial charge on any atom is 0.137 e. The van der Waals surface area contributed by atoms with E-state index in [0.717, 1.165) is 61.6 Å². The van der Waals surface area contributed by atoms with Crippen LogP contribution in [0.2, 0.25) is 0 Å². The van der Waals surface area contributed by atoms with Gasteiger partial charge in [-0.15, -0.1) is 0 Å². The molecule has 0 saturated carbocycles. The molecule has 3 nitrogen and oxygen atoms in total. The number of hydrogen-bond acceptors (Lipinski definition) is 3. The molecule has 0 bridgehead atoms. The monoisotopic (exact) mass is 916 g/mol. The summed E-state index contributed by atoms with van der Waals surface area (Å²) >= 11 is 0. The second-order valence-electron chi connectivity index (χ2n) is 19.1. The van der Waals surface area contributed by atoms with Gasteiger partial charge in [-0.3, -0.25) is 0 Å². The molecule has 0 saturated heterocycles. The minimum atomic E-state index is -0.638. The third kappa shape index (κ3) is 5.85. The normalized spacial score (nSPS) is 14.2. The molecule has 0 fully saturated rings. The number of nitrogens with zero attached hydrogens (tertiary/aromatic N) is 2. The molecule has 1 heterocycles. The summed E-state index contributed by atoms with van der Waals surface area (Å²) in [7, 11) is 0. The minimum absolute atomic E-state index is 0.638. The van der Waals surface area contributed by atoms with Crippen molar-refractivity contribution >= 4 is 77.6 Å². The lowest BCUT2D eigenvalue weighted by atomic mass is 9.70. The van der Waals surface area contributed by atoms with E-state index < -0.39 is 5.41 Å². The third-order valence-electron chi connectivity index (χ3n) is 15.4. The standard InChI is InChI=1S/C69H44N2O/c1-3-20-47(21-4-1)67-53-25-10-9-19-46(53)35-41-64(67)71(63-31-17-33-66-68(63)58-28-13-16-32-65(58)72-66)52-38-40-57-55-27-12-15-30-60(55)69(62(57)44-52)59-29-14-11-26-54(59)56-39-37-51(43-61(56)69)70(49-23-5-2-6-24-49)50-36-34-45-18-7-8-22-48(45)42-50/h1-44H. The molecule has 12 aromatic carbocycles. The Kier molecular flexibility index (Phi) is 8.87. The van der Waals surface area contributed by atoms with Gasteiger partial charge in [0.05, 0.1) is 22.2 Å². The smallest absolute Gasteiger partial charge is 0.137 e. The van der Waals surface area contributed by atoms with Crippen LogP contribution < -0.4 is 9.80 Å². The molecular weight excluding hydrogens is 873 g/mol. The fourth-order valence-corrected chi connectivity index (χ4v) is 12.4. The van der Waals surface area contributed by atoms with Crippen molar-refractivity contribution in [1.29, 1.82) is 0 Å². The summed E-state index contributed by atoms with van der Waals surface area (Å²) < 4.78 is 6.66. The highest BCUT2D eigenvalue weighted by Gasteiger charge is 2.52. The highest BCUT2D eigenvalue weighted by molar-refractivity contribution is 6.15. The van der Waals surface area contributed by atoms with Crippen LogP contribution in [0.1, 0.15) is 22.3 Å². The number of para-hydroxylation sites is 2. The lowest BCUT2D eigenvalue weighted by molar-refractivity contribution is 0.669. The van der Waals surface area contributed by atoms with E-state index in [4.69, 9.17) is 4.42 Å². The largest absolute Gasteiger partial charge is 0.456 e. The first kappa shape index (κ1) is 40.4. The molecule has 0 radical (unpaired) electrons. The molecule has 1 unspecified atom stereocenters. The number of anilines is 6. The molecule has 1 spiro atoms. The first-order chi connectivity index (χ1) is 35.7. The van der Waals surface area contributed by atoms with Crippen LogP contribution in [0.15, 0.2) is 271 Å². The fraction of sp³-hybridized carbons (Fsp3) is 0.0145. The zero-order chi connectivity index (χ0) is 47.3. The Labute approximate surface area is 417 Å². The topological polar surface area (TPSA) is 19.6 Å². The van der Waals surface area contributed by atoms with E-state index in [1.54, 1.807) is 0 Å². The summed E-state index contributed by atoms with van der Waals surface area (Å²) in [5, 5.41) is 6.98. The van der Waals surface area contributed by atoms with E-state index in [9.17, 15) is 0 Å². The van der Waals surface area contributed by atoms with Gasteiger partial charge in [0.25, 0.3) is 0 Å². The molecule has 15 rings (SSSR count). The lowest BCUT2D eigenvalue weighted by Gasteiger charge is -2.34. The summed E-state index contributed by atoms with van der Waals surface area (Å²) in [6.07, 6.45) is 0. The Morgan fingerprint density at radius 2 is 0.819 bits per heavy atom. The molecule has 1 atom stereocenters. The highest BCUT2D eigenvalue weighted by Crippen LogP contribution is 2.64. The molecule has 2 aliphatic rings. The maximum absolute atomic E-state index is 6.66. The second kappa shape index (κ2) is 15.8. The number of furan rings is 1. The van der Waals surface area contributed by atoms with Crippen LogP contribution in [-0.4, -0.2) is 0 Å². The average molecular weight is 917 g/mol. The molecule has 0 amide bonds. The Bertz CT molecular complexity index is 4290. The first-order valence-corrected chi connectivity index (χ1v) is 24.8. The van der Waals surface area contributed by atoms with Crippen molar-refractivity contribution in [3.63, 3.8) is 0 Å². The zero-order valence-electron chi connectivity index (χ0n) is 39.2. The Hall–Kier alpha value is -9.44. The van der Waals surface area contributed by atoms with Gasteiger partial charge >= 0.3 is 0 Å². The van der Waals surface area contributed by atoms with Crippen molar-refractivity contribution < 1.29 is 4.42 Å². The van der Waals surface area contributed by atoms with Crippen LogP contribution in [0.5, 0.6) is 0 Å². The molecule has 13 aromatic rings. The molecule has 0 N–H and O–H groups in total. The first-order valence-electron chi connectivity index (χ1n) is 24.8. The molecule has 2 aliphatic carbocycles. The average Bonchev–Trinajstić information content (AvgIpc) is 4.08. The van der Waals surface area contributed by atoms with Gasteiger partial charge < -0.3 is 14.2 Å². The Morgan fingerprint density at radius 3 is 1.56 bits per heavy atom. The quantitative estimate of drug-likeness (QED) is 0.159. The van der Waals surface area contributed by atoms with Gasteiger partial charge in [0.1, 0.15) is 11.2 Å². The summed E-state index contributed by atoms with van der Waals surface area (Å²) in [6.45, 7) is 0. The molecule has 0 aliphatic heterocycles. The van der Waals surface area contributed by atoms with E-state index in [0.29, 0.717) is 0 Å². The van der Waals surface area contributed by atoms with Gasteiger partial charge in [-0.1, -0.05) is 194 Å². The Morgan fingerprint density at radius 1 is 0.292 bits per heavy atom. The SMILES string of the molecule is c1ccc(-c2c(N(c3ccc4c(c3)C3(c5ccccc5-c5ccc(N(c6ccccc6)c6ccc7ccccc7c6)cc53)c3ccccc3-4)c3cccc4oc5ccccc5c34)ccc3ccccc23)cc1. The van der Waals surface area contributed by atoms with Crippen molar-refractivity contribution in [2.45, 2.75) is 5.41 Å². The van der Waals surface area contributed by atoms with Crippen LogP contribution in [0.4, 0.5) is 34.1 Å². The number of fused-ring (bicyclic) bond motifs is 15. The third-order valence-corrected chi connectivity index (χ3v) is 15.4. The molecule has 1 aromatic heterocycles.